The molecule has 0 aromatic carbocycles. The zero-order chi connectivity index (χ0) is 8.31. The molecule has 2 atom stereocenters. The Kier molecular flexibility index (Phi) is 3.68. The Hall–Kier alpha value is -0.280. The van der Waals surface area contributed by atoms with Crippen LogP contribution in [0.1, 0.15) is 13.8 Å². The van der Waals surface area contributed by atoms with Crippen molar-refractivity contribution in [3.63, 3.8) is 0 Å². The summed E-state index contributed by atoms with van der Waals surface area (Å²) in [6.07, 6.45) is 0. The van der Waals surface area contributed by atoms with Gasteiger partial charge in [0.05, 0.1) is 5.38 Å². The lowest BCUT2D eigenvalue weighted by atomic mass is 10.0. The standard InChI is InChI=1S/C6H12ClNO2/c1-3(2)4(7)5(8)6(9)10/h3-5H,8H2,1-2H3,(H,9,10). The number of carboxylic acids is 1. The number of nitrogens with two attached hydrogens (primary N) is 1. The summed E-state index contributed by atoms with van der Waals surface area (Å²) >= 11 is 5.66. The van der Waals surface area contributed by atoms with E-state index in [1.165, 1.54) is 0 Å². The fraction of sp³-hybridized carbons (Fsp3) is 0.833. The van der Waals surface area contributed by atoms with Gasteiger partial charge >= 0.3 is 5.97 Å². The van der Waals surface area contributed by atoms with E-state index in [-0.39, 0.29) is 5.92 Å². The summed E-state index contributed by atoms with van der Waals surface area (Å²) in [4.78, 5) is 10.2. The van der Waals surface area contributed by atoms with Gasteiger partial charge in [-0.25, -0.2) is 0 Å². The number of rotatable bonds is 3. The lowest BCUT2D eigenvalue weighted by molar-refractivity contribution is -0.138. The molecule has 0 aliphatic rings. The first-order chi connectivity index (χ1) is 4.46. The van der Waals surface area contributed by atoms with Crippen LogP contribution in [0.2, 0.25) is 0 Å². The Morgan fingerprint density at radius 1 is 1.60 bits per heavy atom. The van der Waals surface area contributed by atoms with Gasteiger partial charge in [-0.15, -0.1) is 11.6 Å². The Bertz CT molecular complexity index is 127. The van der Waals surface area contributed by atoms with E-state index in [9.17, 15) is 4.79 Å². The predicted octanol–water partition coefficient (Wildman–Crippen LogP) is 0.662. The molecule has 0 radical (unpaired) electrons. The summed E-state index contributed by atoms with van der Waals surface area (Å²) < 4.78 is 0. The van der Waals surface area contributed by atoms with Crippen LogP contribution in [0, 0.1) is 5.92 Å². The van der Waals surface area contributed by atoms with E-state index in [0.717, 1.165) is 0 Å². The van der Waals surface area contributed by atoms with Crippen molar-refractivity contribution in [2.45, 2.75) is 25.3 Å². The third-order valence-electron chi connectivity index (χ3n) is 1.27. The molecule has 60 valence electrons. The molecule has 4 heteroatoms. The molecular formula is C6H12ClNO2. The van der Waals surface area contributed by atoms with Gasteiger partial charge in [0.15, 0.2) is 0 Å². The monoisotopic (exact) mass is 165 g/mol. The highest BCUT2D eigenvalue weighted by Gasteiger charge is 2.24. The lowest BCUT2D eigenvalue weighted by Crippen LogP contribution is -2.41. The zero-order valence-corrected chi connectivity index (χ0v) is 6.80. The molecule has 0 aromatic rings. The van der Waals surface area contributed by atoms with E-state index in [4.69, 9.17) is 22.4 Å². The molecule has 0 rings (SSSR count). The van der Waals surface area contributed by atoms with Gasteiger partial charge in [0, 0.05) is 0 Å². The maximum absolute atomic E-state index is 10.2. The second-order valence-electron chi connectivity index (χ2n) is 2.55. The molecule has 0 saturated heterocycles. The summed E-state index contributed by atoms with van der Waals surface area (Å²) in [6.45, 7) is 3.67. The molecule has 0 aliphatic carbocycles. The summed E-state index contributed by atoms with van der Waals surface area (Å²) in [5, 5.41) is 7.90. The summed E-state index contributed by atoms with van der Waals surface area (Å²) in [5.74, 6) is -0.957. The highest BCUT2D eigenvalue weighted by atomic mass is 35.5. The van der Waals surface area contributed by atoms with Crippen molar-refractivity contribution >= 4 is 17.6 Å². The van der Waals surface area contributed by atoms with Gasteiger partial charge in [0.1, 0.15) is 6.04 Å². The van der Waals surface area contributed by atoms with Crippen LogP contribution in [-0.2, 0) is 4.79 Å². The molecule has 0 fully saturated rings. The van der Waals surface area contributed by atoms with Gasteiger partial charge < -0.3 is 10.8 Å². The van der Waals surface area contributed by atoms with E-state index in [1.54, 1.807) is 0 Å². The normalized spacial score (nSPS) is 16.9. The number of aliphatic carboxylic acids is 1. The topological polar surface area (TPSA) is 63.3 Å². The van der Waals surface area contributed by atoms with Gasteiger partial charge in [-0.3, -0.25) is 4.79 Å². The molecule has 0 amide bonds. The molecule has 2 unspecified atom stereocenters. The van der Waals surface area contributed by atoms with E-state index < -0.39 is 17.4 Å². The van der Waals surface area contributed by atoms with Gasteiger partial charge in [-0.1, -0.05) is 13.8 Å². The Morgan fingerprint density at radius 2 is 2.00 bits per heavy atom. The zero-order valence-electron chi connectivity index (χ0n) is 6.04. The van der Waals surface area contributed by atoms with Crippen LogP contribution < -0.4 is 5.73 Å². The van der Waals surface area contributed by atoms with Crippen molar-refractivity contribution in [2.24, 2.45) is 11.7 Å². The molecule has 0 aromatic heterocycles. The number of halogens is 1. The van der Waals surface area contributed by atoms with Crippen LogP contribution in [0.3, 0.4) is 0 Å². The minimum Gasteiger partial charge on any atom is -0.480 e. The van der Waals surface area contributed by atoms with Crippen LogP contribution in [-0.4, -0.2) is 22.5 Å². The fourth-order valence-corrected chi connectivity index (χ4v) is 0.659. The number of alkyl halides is 1. The molecule has 0 bridgehead atoms. The van der Waals surface area contributed by atoms with Crippen molar-refractivity contribution in [1.29, 1.82) is 0 Å². The first-order valence-corrected chi connectivity index (χ1v) is 3.53. The average Bonchev–Trinajstić information content (AvgIpc) is 1.84. The van der Waals surface area contributed by atoms with Gasteiger partial charge in [0.2, 0.25) is 0 Å². The van der Waals surface area contributed by atoms with E-state index in [0.29, 0.717) is 0 Å². The number of carbonyl (C=O) groups is 1. The van der Waals surface area contributed by atoms with Gasteiger partial charge in [0.25, 0.3) is 0 Å². The summed E-state index contributed by atoms with van der Waals surface area (Å²) in [5.41, 5.74) is 5.23. The Labute approximate surface area is 65.2 Å². The number of hydrogen-bond donors (Lipinski definition) is 2. The van der Waals surface area contributed by atoms with Gasteiger partial charge in [-0.2, -0.15) is 0 Å². The van der Waals surface area contributed by atoms with Crippen LogP contribution in [0.4, 0.5) is 0 Å². The van der Waals surface area contributed by atoms with Crippen LogP contribution >= 0.6 is 11.6 Å². The van der Waals surface area contributed by atoms with Crippen molar-refractivity contribution < 1.29 is 9.90 Å². The van der Waals surface area contributed by atoms with Crippen LogP contribution in [0.25, 0.3) is 0 Å². The molecule has 0 heterocycles. The molecule has 10 heavy (non-hydrogen) atoms. The Balaban J connectivity index is 3.94. The maximum Gasteiger partial charge on any atom is 0.322 e. The molecular weight excluding hydrogens is 154 g/mol. The lowest BCUT2D eigenvalue weighted by Gasteiger charge is -2.16. The summed E-state index contributed by atoms with van der Waals surface area (Å²) in [7, 11) is 0. The summed E-state index contributed by atoms with van der Waals surface area (Å²) in [6, 6.07) is -0.957. The number of carboxylic acid groups (broad SMARTS) is 1. The van der Waals surface area contributed by atoms with E-state index in [2.05, 4.69) is 0 Å². The van der Waals surface area contributed by atoms with Crippen LogP contribution in [0.5, 0.6) is 0 Å². The van der Waals surface area contributed by atoms with E-state index in [1.807, 2.05) is 13.8 Å². The quantitative estimate of drug-likeness (QED) is 0.604. The molecule has 3 nitrogen and oxygen atoms in total. The van der Waals surface area contributed by atoms with E-state index >= 15 is 0 Å². The van der Waals surface area contributed by atoms with Crippen LogP contribution in [0.15, 0.2) is 0 Å². The maximum atomic E-state index is 10.2. The Morgan fingerprint density at radius 3 is 2.10 bits per heavy atom. The molecule has 0 spiro atoms. The highest BCUT2D eigenvalue weighted by Crippen LogP contribution is 2.12. The first-order valence-electron chi connectivity index (χ1n) is 3.09. The third-order valence-corrected chi connectivity index (χ3v) is 2.04. The first kappa shape index (κ1) is 9.72. The SMILES string of the molecule is CC(C)C(Cl)C(N)C(=O)O. The molecule has 0 aliphatic heterocycles. The van der Waals surface area contributed by atoms with Crippen molar-refractivity contribution in [3.8, 4) is 0 Å². The minimum absolute atomic E-state index is 0.0905. The second kappa shape index (κ2) is 3.78. The minimum atomic E-state index is -1.05. The second-order valence-corrected chi connectivity index (χ2v) is 3.06. The van der Waals surface area contributed by atoms with Crippen molar-refractivity contribution in [3.05, 3.63) is 0 Å². The fourth-order valence-electron chi connectivity index (χ4n) is 0.551. The molecule has 3 N–H and O–H groups in total. The molecule has 0 saturated carbocycles. The largest absolute Gasteiger partial charge is 0.480 e. The predicted molar refractivity (Wildman–Crippen MR) is 40.1 cm³/mol. The smallest absolute Gasteiger partial charge is 0.322 e. The van der Waals surface area contributed by atoms with Gasteiger partial charge in [-0.05, 0) is 5.92 Å². The highest BCUT2D eigenvalue weighted by molar-refractivity contribution is 6.22. The number of hydrogen-bond acceptors (Lipinski definition) is 2. The van der Waals surface area contributed by atoms with Crippen molar-refractivity contribution in [1.82, 2.24) is 0 Å². The average molecular weight is 166 g/mol. The third kappa shape index (κ3) is 2.54. The van der Waals surface area contributed by atoms with Crippen molar-refractivity contribution in [2.75, 3.05) is 0 Å².